The van der Waals surface area contributed by atoms with Gasteiger partial charge in [-0.2, -0.15) is 0 Å². The van der Waals surface area contributed by atoms with Crippen LogP contribution in [-0.4, -0.2) is 16.7 Å². The molecule has 0 unspecified atom stereocenters. The van der Waals surface area contributed by atoms with Gasteiger partial charge in [0.1, 0.15) is 0 Å². The Morgan fingerprint density at radius 1 is 1.41 bits per heavy atom. The Balaban J connectivity index is 0.00000144. The van der Waals surface area contributed by atoms with Crippen LogP contribution in [-0.2, 0) is 4.79 Å². The molecule has 0 aliphatic carbocycles. The van der Waals surface area contributed by atoms with Crippen molar-refractivity contribution >= 4 is 28.6 Å². The number of aromatic nitrogens is 1. The molecule has 0 saturated heterocycles. The molecule has 5 heteroatoms. The molecule has 17 heavy (non-hydrogen) atoms. The summed E-state index contributed by atoms with van der Waals surface area (Å²) in [6, 6.07) is 9.60. The number of aliphatic carboxylic acids is 1. The summed E-state index contributed by atoms with van der Waals surface area (Å²) in [4.78, 5) is 15.8. The first-order valence-corrected chi connectivity index (χ1v) is 5.84. The van der Waals surface area contributed by atoms with E-state index in [9.17, 15) is 9.90 Å². The summed E-state index contributed by atoms with van der Waals surface area (Å²) < 4.78 is 0. The first kappa shape index (κ1) is 14.5. The average Bonchev–Trinajstić information content (AvgIpc) is 2.25. The topological polar surface area (TPSA) is 53.0 Å². The molecule has 0 spiro atoms. The van der Waals surface area contributed by atoms with Gasteiger partial charge in [-0.25, -0.2) is 0 Å². The van der Waals surface area contributed by atoms with Crippen LogP contribution in [0.2, 0.25) is 0 Å². The molecule has 1 heterocycles. The summed E-state index contributed by atoms with van der Waals surface area (Å²) >= 11 is 1.27. The Kier molecular flexibility index (Phi) is 5.46. The van der Waals surface area contributed by atoms with E-state index in [0.29, 0.717) is 0 Å². The maximum absolute atomic E-state index is 10.4. The predicted octanol–water partition coefficient (Wildman–Crippen LogP) is -1.61. The third-order valence-electron chi connectivity index (χ3n) is 2.15. The fourth-order valence-corrected chi connectivity index (χ4v) is 2.38. The van der Waals surface area contributed by atoms with Crippen molar-refractivity contribution in [2.24, 2.45) is 0 Å². The van der Waals surface area contributed by atoms with Gasteiger partial charge in [0.2, 0.25) is 0 Å². The number of carboxylic acids is 1. The molecule has 1 aromatic carbocycles. The second-order valence-corrected chi connectivity index (χ2v) is 4.46. The van der Waals surface area contributed by atoms with Crippen LogP contribution in [0.5, 0.6) is 0 Å². The van der Waals surface area contributed by atoms with Gasteiger partial charge < -0.3 is 9.90 Å². The fourth-order valence-electron chi connectivity index (χ4n) is 1.53. The monoisotopic (exact) mass is 255 g/mol. The van der Waals surface area contributed by atoms with E-state index in [0.717, 1.165) is 21.5 Å². The van der Waals surface area contributed by atoms with Crippen molar-refractivity contribution in [3.8, 4) is 0 Å². The van der Waals surface area contributed by atoms with Crippen LogP contribution in [0.25, 0.3) is 10.9 Å². The number of thioether (sulfide) groups is 1. The second-order valence-electron chi connectivity index (χ2n) is 3.44. The normalized spacial score (nSPS) is 9.94. The van der Waals surface area contributed by atoms with E-state index in [4.69, 9.17) is 0 Å². The summed E-state index contributed by atoms with van der Waals surface area (Å²) in [6.45, 7) is 1.90. The number of hydrogen-bond donors (Lipinski definition) is 0. The summed E-state index contributed by atoms with van der Waals surface area (Å²) in [5, 5.41) is 11.4. The number of carbonyl (C=O) groups excluding carboxylic acids is 1. The van der Waals surface area contributed by atoms with Gasteiger partial charge in [-0.1, -0.05) is 18.2 Å². The van der Waals surface area contributed by atoms with E-state index in [1.807, 2.05) is 37.3 Å². The van der Waals surface area contributed by atoms with Crippen LogP contribution in [0.1, 0.15) is 5.69 Å². The predicted molar refractivity (Wildman–Crippen MR) is 62.2 cm³/mol. The Hall–Kier alpha value is -0.550. The van der Waals surface area contributed by atoms with Crippen LogP contribution in [0, 0.1) is 6.92 Å². The SMILES string of the molecule is Cc1cc(SCC(=O)[O-])c2ccccc2n1.[Na+]. The van der Waals surface area contributed by atoms with Gasteiger partial charge in [0.05, 0.1) is 11.5 Å². The molecular formula is C12H10NNaO2S. The number of nitrogens with zero attached hydrogens (tertiary/aromatic N) is 1. The van der Waals surface area contributed by atoms with Gasteiger partial charge in [-0.15, -0.1) is 11.8 Å². The molecule has 0 radical (unpaired) electrons. The first-order chi connectivity index (χ1) is 7.66. The van der Waals surface area contributed by atoms with Crippen LogP contribution in [0.4, 0.5) is 0 Å². The number of benzene rings is 1. The van der Waals surface area contributed by atoms with Crippen molar-refractivity contribution in [1.29, 1.82) is 0 Å². The number of hydrogen-bond acceptors (Lipinski definition) is 4. The van der Waals surface area contributed by atoms with E-state index in [-0.39, 0.29) is 35.3 Å². The van der Waals surface area contributed by atoms with Crippen molar-refractivity contribution in [2.45, 2.75) is 11.8 Å². The molecule has 82 valence electrons. The first-order valence-electron chi connectivity index (χ1n) is 4.86. The molecule has 0 bridgehead atoms. The van der Waals surface area contributed by atoms with E-state index in [1.54, 1.807) is 0 Å². The molecule has 0 fully saturated rings. The number of para-hydroxylation sites is 1. The van der Waals surface area contributed by atoms with Crippen molar-refractivity contribution in [3.63, 3.8) is 0 Å². The van der Waals surface area contributed by atoms with E-state index >= 15 is 0 Å². The largest absolute Gasteiger partial charge is 1.00 e. The van der Waals surface area contributed by atoms with Crippen molar-refractivity contribution < 1.29 is 39.5 Å². The molecule has 3 nitrogen and oxygen atoms in total. The van der Waals surface area contributed by atoms with Gasteiger partial charge >= 0.3 is 29.6 Å². The molecule has 2 rings (SSSR count). The maximum atomic E-state index is 10.4. The van der Waals surface area contributed by atoms with E-state index < -0.39 is 5.97 Å². The number of pyridine rings is 1. The summed E-state index contributed by atoms with van der Waals surface area (Å²) in [5.41, 5.74) is 1.78. The Labute approximate surface area is 126 Å². The standard InChI is InChI=1S/C12H11NO2S.Na/c1-8-6-11(16-7-12(14)15)9-4-2-3-5-10(9)13-8;/h2-6H,7H2,1H3,(H,14,15);/q;+1/p-1. The summed E-state index contributed by atoms with van der Waals surface area (Å²) in [5.74, 6) is -1.09. The van der Waals surface area contributed by atoms with Crippen LogP contribution < -0.4 is 34.7 Å². The third kappa shape index (κ3) is 3.71. The Morgan fingerprint density at radius 2 is 2.12 bits per heavy atom. The van der Waals surface area contributed by atoms with Crippen molar-refractivity contribution in [2.75, 3.05) is 5.75 Å². The molecule has 1 aromatic heterocycles. The van der Waals surface area contributed by atoms with Crippen LogP contribution >= 0.6 is 11.8 Å². The van der Waals surface area contributed by atoms with Gasteiger partial charge in [-0.05, 0) is 19.1 Å². The molecule has 0 atom stereocenters. The Morgan fingerprint density at radius 3 is 2.82 bits per heavy atom. The zero-order valence-corrected chi connectivity index (χ0v) is 12.6. The summed E-state index contributed by atoms with van der Waals surface area (Å²) in [7, 11) is 0. The number of fused-ring (bicyclic) bond motifs is 1. The molecule has 0 amide bonds. The quantitative estimate of drug-likeness (QED) is 0.489. The van der Waals surface area contributed by atoms with Crippen LogP contribution in [0.3, 0.4) is 0 Å². The molecule has 0 saturated carbocycles. The van der Waals surface area contributed by atoms with Gasteiger partial charge in [-0.3, -0.25) is 4.98 Å². The van der Waals surface area contributed by atoms with Crippen molar-refractivity contribution in [1.82, 2.24) is 4.98 Å². The third-order valence-corrected chi connectivity index (χ3v) is 3.18. The molecule has 2 aromatic rings. The van der Waals surface area contributed by atoms with E-state index in [1.165, 1.54) is 11.8 Å². The van der Waals surface area contributed by atoms with Gasteiger partial charge in [0.25, 0.3) is 0 Å². The minimum atomic E-state index is -1.05. The number of carbonyl (C=O) groups is 1. The minimum Gasteiger partial charge on any atom is -0.549 e. The second kappa shape index (κ2) is 6.40. The maximum Gasteiger partial charge on any atom is 1.00 e. The number of rotatable bonds is 3. The smallest absolute Gasteiger partial charge is 0.549 e. The fraction of sp³-hybridized carbons (Fsp3) is 0.167. The molecule has 0 aliphatic rings. The molecule has 0 aliphatic heterocycles. The van der Waals surface area contributed by atoms with Crippen molar-refractivity contribution in [3.05, 3.63) is 36.0 Å². The zero-order valence-electron chi connectivity index (χ0n) is 9.77. The Bertz CT molecular complexity index is 545. The van der Waals surface area contributed by atoms with Crippen LogP contribution in [0.15, 0.2) is 35.2 Å². The van der Waals surface area contributed by atoms with E-state index in [2.05, 4.69) is 4.98 Å². The average molecular weight is 255 g/mol. The minimum absolute atomic E-state index is 0. The number of carboxylic acid groups (broad SMARTS) is 1. The number of aryl methyl sites for hydroxylation is 1. The zero-order chi connectivity index (χ0) is 11.5. The van der Waals surface area contributed by atoms with Gasteiger partial charge in [0.15, 0.2) is 0 Å². The molecular weight excluding hydrogens is 245 g/mol. The molecule has 0 N–H and O–H groups in total. The van der Waals surface area contributed by atoms with Gasteiger partial charge in [0, 0.05) is 21.7 Å². The summed E-state index contributed by atoms with van der Waals surface area (Å²) in [6.07, 6.45) is 0.